The zero-order valence-electron chi connectivity index (χ0n) is 12.3. The number of nitrogens with two attached hydrogens (primary N) is 1. The average molecular weight is 287 g/mol. The Morgan fingerprint density at radius 1 is 1.38 bits per heavy atom. The Labute approximate surface area is 124 Å². The van der Waals surface area contributed by atoms with Gasteiger partial charge < -0.3 is 10.5 Å². The molecule has 0 unspecified atom stereocenters. The zero-order chi connectivity index (χ0) is 14.7. The van der Waals surface area contributed by atoms with Crippen LogP contribution in [0.15, 0.2) is 18.2 Å². The van der Waals surface area contributed by atoms with Gasteiger partial charge in [-0.05, 0) is 54.2 Å². The number of hydrogen-bond donors (Lipinski definition) is 1. The van der Waals surface area contributed by atoms with Gasteiger partial charge in [0.1, 0.15) is 0 Å². The van der Waals surface area contributed by atoms with Gasteiger partial charge in [-0.3, -0.25) is 0 Å². The van der Waals surface area contributed by atoms with Crippen LogP contribution in [0.5, 0.6) is 0 Å². The fraction of sp³-hybridized carbons (Fsp3) is 0.533. The minimum absolute atomic E-state index is 0.751. The number of tetrazole rings is 1. The predicted octanol–water partition coefficient (Wildman–Crippen LogP) is 2.05. The smallest absolute Gasteiger partial charge is 0.182 e. The van der Waals surface area contributed by atoms with Crippen LogP contribution < -0.4 is 5.73 Å². The molecule has 2 N–H and O–H groups in total. The van der Waals surface area contributed by atoms with Gasteiger partial charge in [0.05, 0.1) is 0 Å². The molecule has 0 atom stereocenters. The Kier molecular flexibility index (Phi) is 4.15. The number of hydrogen-bond acceptors (Lipinski definition) is 5. The maximum Gasteiger partial charge on any atom is 0.182 e. The number of aromatic nitrogens is 4. The van der Waals surface area contributed by atoms with Crippen molar-refractivity contribution in [1.82, 2.24) is 20.2 Å². The van der Waals surface area contributed by atoms with Crippen LogP contribution in [0.1, 0.15) is 24.8 Å². The van der Waals surface area contributed by atoms with E-state index in [2.05, 4.69) is 15.5 Å². The van der Waals surface area contributed by atoms with E-state index in [9.17, 15) is 0 Å². The van der Waals surface area contributed by atoms with Crippen molar-refractivity contribution in [2.75, 3.05) is 18.9 Å². The van der Waals surface area contributed by atoms with Gasteiger partial charge in [-0.2, -0.15) is 0 Å². The molecular formula is C15H21N5O. The zero-order valence-corrected chi connectivity index (χ0v) is 12.3. The Bertz CT molecular complexity index is 606. The molecule has 1 saturated carbocycles. The normalized spacial score (nSPS) is 14.5. The van der Waals surface area contributed by atoms with E-state index in [1.165, 1.54) is 12.8 Å². The van der Waals surface area contributed by atoms with Gasteiger partial charge in [0.15, 0.2) is 5.82 Å². The fourth-order valence-corrected chi connectivity index (χ4v) is 2.29. The standard InChI is InChI=1S/C15H21N5O/c1-11-13(4-2-5-14(11)16)15-17-18-19-20(15)8-3-9-21-10-12-6-7-12/h2,4-5,12H,3,6-10,16H2,1H3. The van der Waals surface area contributed by atoms with Crippen molar-refractivity contribution in [1.29, 1.82) is 0 Å². The molecule has 21 heavy (non-hydrogen) atoms. The van der Waals surface area contributed by atoms with E-state index in [0.29, 0.717) is 0 Å². The van der Waals surface area contributed by atoms with Gasteiger partial charge in [0, 0.05) is 31.0 Å². The molecule has 1 aliphatic carbocycles. The van der Waals surface area contributed by atoms with Crippen molar-refractivity contribution in [2.24, 2.45) is 5.92 Å². The van der Waals surface area contributed by atoms with Crippen LogP contribution in [-0.2, 0) is 11.3 Å². The summed E-state index contributed by atoms with van der Waals surface area (Å²) in [4.78, 5) is 0. The minimum atomic E-state index is 0.751. The second kappa shape index (κ2) is 6.22. The summed E-state index contributed by atoms with van der Waals surface area (Å²) in [6.45, 7) is 4.40. The number of nitrogens with zero attached hydrogens (tertiary/aromatic N) is 4. The highest BCUT2D eigenvalue weighted by molar-refractivity contribution is 5.67. The molecule has 1 fully saturated rings. The molecule has 6 heteroatoms. The molecular weight excluding hydrogens is 266 g/mol. The summed E-state index contributed by atoms with van der Waals surface area (Å²) in [5.74, 6) is 1.57. The van der Waals surface area contributed by atoms with Crippen LogP contribution >= 0.6 is 0 Å². The number of benzene rings is 1. The monoisotopic (exact) mass is 287 g/mol. The average Bonchev–Trinajstić information content (AvgIpc) is 3.19. The van der Waals surface area contributed by atoms with Gasteiger partial charge in [0.2, 0.25) is 0 Å². The molecule has 1 aromatic carbocycles. The van der Waals surface area contributed by atoms with Crippen LogP contribution in [0.4, 0.5) is 5.69 Å². The summed E-state index contributed by atoms with van der Waals surface area (Å²) in [5.41, 5.74) is 8.71. The largest absolute Gasteiger partial charge is 0.398 e. The van der Waals surface area contributed by atoms with Crippen LogP contribution in [0, 0.1) is 12.8 Å². The highest BCUT2D eigenvalue weighted by Crippen LogP contribution is 2.28. The Morgan fingerprint density at radius 2 is 2.24 bits per heavy atom. The van der Waals surface area contributed by atoms with E-state index in [1.807, 2.05) is 29.8 Å². The second-order valence-electron chi connectivity index (χ2n) is 5.62. The molecule has 112 valence electrons. The highest BCUT2D eigenvalue weighted by Gasteiger charge is 2.21. The molecule has 3 rings (SSSR count). The van der Waals surface area contributed by atoms with Crippen molar-refractivity contribution >= 4 is 5.69 Å². The van der Waals surface area contributed by atoms with E-state index in [4.69, 9.17) is 10.5 Å². The van der Waals surface area contributed by atoms with Crippen molar-refractivity contribution in [3.05, 3.63) is 23.8 Å². The lowest BCUT2D eigenvalue weighted by Crippen LogP contribution is -2.08. The first kappa shape index (κ1) is 14.0. The molecule has 2 aromatic rings. The first-order valence-electron chi connectivity index (χ1n) is 7.45. The third-order valence-corrected chi connectivity index (χ3v) is 3.86. The predicted molar refractivity (Wildman–Crippen MR) is 80.6 cm³/mol. The van der Waals surface area contributed by atoms with Gasteiger partial charge in [-0.1, -0.05) is 12.1 Å². The van der Waals surface area contributed by atoms with Gasteiger partial charge in [-0.25, -0.2) is 4.68 Å². The Hall–Kier alpha value is -1.95. The van der Waals surface area contributed by atoms with Crippen LogP contribution in [-0.4, -0.2) is 33.4 Å². The summed E-state index contributed by atoms with van der Waals surface area (Å²) in [6.07, 6.45) is 3.56. The molecule has 1 heterocycles. The SMILES string of the molecule is Cc1c(N)cccc1-c1nnnn1CCCOCC1CC1. The number of anilines is 1. The van der Waals surface area contributed by atoms with Gasteiger partial charge >= 0.3 is 0 Å². The van der Waals surface area contributed by atoms with Crippen molar-refractivity contribution in [2.45, 2.75) is 32.7 Å². The van der Waals surface area contributed by atoms with E-state index in [0.717, 1.165) is 54.7 Å². The highest BCUT2D eigenvalue weighted by atomic mass is 16.5. The number of rotatable bonds is 7. The quantitative estimate of drug-likeness (QED) is 0.623. The van der Waals surface area contributed by atoms with Crippen LogP contribution in [0.3, 0.4) is 0 Å². The lowest BCUT2D eigenvalue weighted by Gasteiger charge is -2.09. The number of aryl methyl sites for hydroxylation is 1. The summed E-state index contributed by atoms with van der Waals surface area (Å²) in [6, 6.07) is 5.81. The number of nitrogen functional groups attached to an aromatic ring is 1. The van der Waals surface area contributed by atoms with E-state index >= 15 is 0 Å². The molecule has 0 amide bonds. The lowest BCUT2D eigenvalue weighted by molar-refractivity contribution is 0.118. The molecule has 0 saturated heterocycles. The summed E-state index contributed by atoms with van der Waals surface area (Å²) in [7, 11) is 0. The maximum absolute atomic E-state index is 5.95. The van der Waals surface area contributed by atoms with Crippen molar-refractivity contribution in [3.63, 3.8) is 0 Å². The van der Waals surface area contributed by atoms with E-state index in [-0.39, 0.29) is 0 Å². The first-order valence-corrected chi connectivity index (χ1v) is 7.45. The first-order chi connectivity index (χ1) is 10.3. The van der Waals surface area contributed by atoms with Crippen LogP contribution in [0.25, 0.3) is 11.4 Å². The Balaban J connectivity index is 1.61. The van der Waals surface area contributed by atoms with E-state index < -0.39 is 0 Å². The molecule has 0 radical (unpaired) electrons. The fourth-order valence-electron chi connectivity index (χ4n) is 2.29. The van der Waals surface area contributed by atoms with E-state index in [1.54, 1.807) is 0 Å². The molecule has 0 aliphatic heterocycles. The second-order valence-corrected chi connectivity index (χ2v) is 5.62. The van der Waals surface area contributed by atoms with Gasteiger partial charge in [-0.15, -0.1) is 5.10 Å². The minimum Gasteiger partial charge on any atom is -0.398 e. The lowest BCUT2D eigenvalue weighted by atomic mass is 10.1. The third-order valence-electron chi connectivity index (χ3n) is 3.86. The summed E-state index contributed by atoms with van der Waals surface area (Å²) >= 11 is 0. The molecule has 0 bridgehead atoms. The molecule has 1 aliphatic rings. The summed E-state index contributed by atoms with van der Waals surface area (Å²) < 4.78 is 7.46. The molecule has 6 nitrogen and oxygen atoms in total. The number of ether oxygens (including phenoxy) is 1. The topological polar surface area (TPSA) is 78.9 Å². The summed E-state index contributed by atoms with van der Waals surface area (Å²) in [5, 5.41) is 12.0. The van der Waals surface area contributed by atoms with Crippen LogP contribution in [0.2, 0.25) is 0 Å². The molecule has 1 aromatic heterocycles. The maximum atomic E-state index is 5.95. The third kappa shape index (κ3) is 3.39. The Morgan fingerprint density at radius 3 is 3.05 bits per heavy atom. The van der Waals surface area contributed by atoms with Crippen molar-refractivity contribution < 1.29 is 4.74 Å². The molecule has 0 spiro atoms. The van der Waals surface area contributed by atoms with Gasteiger partial charge in [0.25, 0.3) is 0 Å². The van der Waals surface area contributed by atoms with Crippen molar-refractivity contribution in [3.8, 4) is 11.4 Å².